The van der Waals surface area contributed by atoms with Gasteiger partial charge in [0.25, 0.3) is 0 Å². The minimum atomic E-state index is -1.20. The molecule has 0 amide bonds. The molecule has 1 aliphatic heterocycles. The molecule has 0 spiro atoms. The number of aromatic nitrogens is 1. The molecule has 6 rings (SSSR count). The van der Waals surface area contributed by atoms with Crippen molar-refractivity contribution in [2.24, 2.45) is 5.41 Å². The Morgan fingerprint density at radius 3 is 2.53 bits per heavy atom. The number of ether oxygens (including phenoxy) is 3. The number of allylic oxidation sites excluding steroid dienone is 2. The van der Waals surface area contributed by atoms with Crippen molar-refractivity contribution in [3.63, 3.8) is 0 Å². The first-order valence-corrected chi connectivity index (χ1v) is 19.4. The minimum absolute atomic E-state index is 0.0250. The Hall–Kier alpha value is -5.06. The van der Waals surface area contributed by atoms with Gasteiger partial charge in [0, 0.05) is 67.8 Å². The number of halogens is 1. The number of β-amino-alcohol motifs (C(OH)–C–C–N with tert-alkyl or cyclic N) is 1. The highest BCUT2D eigenvalue weighted by Gasteiger charge is 2.49. The van der Waals surface area contributed by atoms with Crippen molar-refractivity contribution in [3.05, 3.63) is 142 Å². The Morgan fingerprint density at radius 2 is 1.81 bits per heavy atom. The van der Waals surface area contributed by atoms with Crippen LogP contribution in [0.25, 0.3) is 5.57 Å². The first-order valence-electron chi connectivity index (χ1n) is 19.1. The van der Waals surface area contributed by atoms with E-state index in [-0.39, 0.29) is 24.8 Å². The molecule has 0 saturated carbocycles. The Kier molecular flexibility index (Phi) is 13.5. The van der Waals surface area contributed by atoms with Crippen molar-refractivity contribution in [3.8, 4) is 17.6 Å². The van der Waals surface area contributed by atoms with E-state index in [9.17, 15) is 25.4 Å². The molecule has 2 aliphatic rings. The molecule has 3 aromatic carbocycles. The molecule has 4 N–H and O–H groups in total. The standard InChI is InChI=1S/C45H49ClN4O7/c1-43(2)37(34-11-5-3-6-12-34)15-9-16-45(43,57-20-10-18-50-19-17-44(54,30-50)36-13-7-4-8-14-36)31-56-41-23-40(55-29-33-21-32(24-47)25-48-26-33)35(22-38(41)46)27-49-39(28-51)42(52)53/h3-9,11-16,21-23,25-26,39,49,51,54H,10,17-20,27-31H2,1-2H3,(H,52,53). The number of nitrogens with zero attached hydrogens (tertiary/aromatic N) is 3. The minimum Gasteiger partial charge on any atom is -0.488 e. The van der Waals surface area contributed by atoms with E-state index in [4.69, 9.17) is 25.8 Å². The van der Waals surface area contributed by atoms with Crippen LogP contribution in [0, 0.1) is 16.7 Å². The summed E-state index contributed by atoms with van der Waals surface area (Å²) in [6, 6.07) is 25.9. The van der Waals surface area contributed by atoms with Gasteiger partial charge in [0.1, 0.15) is 48.0 Å². The molecule has 2 heterocycles. The maximum Gasteiger partial charge on any atom is 0.323 e. The largest absolute Gasteiger partial charge is 0.488 e. The Morgan fingerprint density at radius 1 is 1.05 bits per heavy atom. The number of nitrogens with one attached hydrogen (secondary N) is 1. The van der Waals surface area contributed by atoms with Crippen LogP contribution in [-0.4, -0.2) is 82.3 Å². The monoisotopic (exact) mass is 792 g/mol. The van der Waals surface area contributed by atoms with Crippen molar-refractivity contribution in [1.29, 1.82) is 5.26 Å². The van der Waals surface area contributed by atoms with Crippen LogP contribution < -0.4 is 14.8 Å². The van der Waals surface area contributed by atoms with Crippen LogP contribution in [0.3, 0.4) is 0 Å². The number of aliphatic carboxylic acids is 1. The first kappa shape index (κ1) is 41.6. The lowest BCUT2D eigenvalue weighted by atomic mass is 9.65. The predicted octanol–water partition coefficient (Wildman–Crippen LogP) is 6.52. The predicted molar refractivity (Wildman–Crippen MR) is 218 cm³/mol. The van der Waals surface area contributed by atoms with E-state index in [0.717, 1.165) is 36.2 Å². The van der Waals surface area contributed by atoms with E-state index in [1.807, 2.05) is 60.7 Å². The van der Waals surface area contributed by atoms with Crippen LogP contribution >= 0.6 is 11.6 Å². The number of pyridine rings is 1. The van der Waals surface area contributed by atoms with Gasteiger partial charge in [0.05, 0.1) is 17.2 Å². The van der Waals surface area contributed by atoms with Gasteiger partial charge in [-0.05, 0) is 47.8 Å². The molecule has 11 nitrogen and oxygen atoms in total. The number of hydrogen-bond acceptors (Lipinski definition) is 10. The van der Waals surface area contributed by atoms with Gasteiger partial charge in [-0.3, -0.25) is 20.0 Å². The number of likely N-dealkylation sites (tertiary alicyclic amines) is 1. The van der Waals surface area contributed by atoms with Crippen LogP contribution in [0.4, 0.5) is 0 Å². The number of carbonyl (C=O) groups is 1. The smallest absolute Gasteiger partial charge is 0.323 e. The van der Waals surface area contributed by atoms with Crippen molar-refractivity contribution in [1.82, 2.24) is 15.2 Å². The molecular weight excluding hydrogens is 744 g/mol. The molecule has 1 aromatic heterocycles. The van der Waals surface area contributed by atoms with Crippen LogP contribution in [0.15, 0.2) is 109 Å². The summed E-state index contributed by atoms with van der Waals surface area (Å²) in [6.45, 7) is 6.40. The van der Waals surface area contributed by atoms with Gasteiger partial charge < -0.3 is 29.5 Å². The van der Waals surface area contributed by atoms with Gasteiger partial charge in [-0.1, -0.05) is 98.3 Å². The highest BCUT2D eigenvalue weighted by atomic mass is 35.5. The van der Waals surface area contributed by atoms with Crippen molar-refractivity contribution in [2.75, 3.05) is 39.5 Å². The molecule has 1 saturated heterocycles. The maximum absolute atomic E-state index is 11.6. The summed E-state index contributed by atoms with van der Waals surface area (Å²) in [6.07, 6.45) is 10.6. The number of carboxylic acids is 1. The first-order chi connectivity index (χ1) is 27.5. The fourth-order valence-electron chi connectivity index (χ4n) is 7.50. The molecule has 298 valence electrons. The van der Waals surface area contributed by atoms with Crippen molar-refractivity contribution < 1.29 is 34.3 Å². The van der Waals surface area contributed by atoms with Crippen LogP contribution in [0.2, 0.25) is 5.02 Å². The number of hydrogen-bond donors (Lipinski definition) is 4. The summed E-state index contributed by atoms with van der Waals surface area (Å²) in [5.41, 5.74) is 2.29. The highest BCUT2D eigenvalue weighted by molar-refractivity contribution is 6.32. The number of rotatable bonds is 18. The summed E-state index contributed by atoms with van der Waals surface area (Å²) in [5.74, 6) is -0.501. The average Bonchev–Trinajstić information content (AvgIpc) is 3.61. The lowest BCUT2D eigenvalue weighted by Gasteiger charge is -2.47. The van der Waals surface area contributed by atoms with Gasteiger partial charge in [-0.25, -0.2) is 0 Å². The molecule has 3 atom stereocenters. The third kappa shape index (κ3) is 9.74. The zero-order chi connectivity index (χ0) is 40.5. The zero-order valence-electron chi connectivity index (χ0n) is 32.2. The van der Waals surface area contributed by atoms with Crippen LogP contribution in [0.1, 0.15) is 54.5 Å². The number of nitriles is 1. The van der Waals surface area contributed by atoms with E-state index in [0.29, 0.717) is 47.8 Å². The van der Waals surface area contributed by atoms with Gasteiger partial charge in [-0.15, -0.1) is 0 Å². The molecule has 1 aliphatic carbocycles. The van der Waals surface area contributed by atoms with E-state index in [1.54, 1.807) is 24.4 Å². The second-order valence-corrected chi connectivity index (χ2v) is 15.5. The second kappa shape index (κ2) is 18.5. The Balaban J connectivity index is 1.23. The fraction of sp³-hybridized carbons (Fsp3) is 0.356. The molecule has 12 heteroatoms. The Labute approximate surface area is 338 Å². The van der Waals surface area contributed by atoms with Crippen LogP contribution in [-0.2, 0) is 28.3 Å². The van der Waals surface area contributed by atoms with Gasteiger partial charge in [-0.2, -0.15) is 5.26 Å². The van der Waals surface area contributed by atoms with Crippen molar-refractivity contribution >= 4 is 23.1 Å². The summed E-state index contributed by atoms with van der Waals surface area (Å²) in [4.78, 5) is 18.0. The quantitative estimate of drug-likeness (QED) is 0.0814. The number of benzene rings is 3. The Bertz CT molecular complexity index is 2110. The normalized spacial score (nSPS) is 20.7. The molecule has 0 bridgehead atoms. The summed E-state index contributed by atoms with van der Waals surface area (Å²) in [5, 5.41) is 43.0. The molecule has 1 fully saturated rings. The second-order valence-electron chi connectivity index (χ2n) is 15.1. The van der Waals surface area contributed by atoms with Crippen LogP contribution in [0.5, 0.6) is 11.5 Å². The van der Waals surface area contributed by atoms with E-state index >= 15 is 0 Å². The van der Waals surface area contributed by atoms with E-state index < -0.39 is 35.2 Å². The topological polar surface area (TPSA) is 157 Å². The average molecular weight is 793 g/mol. The fourth-order valence-corrected chi connectivity index (χ4v) is 7.74. The maximum atomic E-state index is 11.6. The third-order valence-corrected chi connectivity index (χ3v) is 11.3. The summed E-state index contributed by atoms with van der Waals surface area (Å²) >= 11 is 6.88. The highest BCUT2D eigenvalue weighted by Crippen LogP contribution is 2.49. The van der Waals surface area contributed by atoms with Gasteiger partial charge in [0.2, 0.25) is 0 Å². The molecule has 0 radical (unpaired) electrons. The molecule has 57 heavy (non-hydrogen) atoms. The summed E-state index contributed by atoms with van der Waals surface area (Å²) < 4.78 is 19.8. The molecular formula is C45H49ClN4O7. The zero-order valence-corrected chi connectivity index (χ0v) is 33.0. The lowest BCUT2D eigenvalue weighted by molar-refractivity contribution is -0.140. The van der Waals surface area contributed by atoms with E-state index in [1.165, 1.54) is 6.20 Å². The summed E-state index contributed by atoms with van der Waals surface area (Å²) in [7, 11) is 0. The number of aliphatic hydroxyl groups is 2. The number of carboxylic acid groups (broad SMARTS) is 1. The van der Waals surface area contributed by atoms with Gasteiger partial charge in [0.15, 0.2) is 0 Å². The lowest BCUT2D eigenvalue weighted by Crippen LogP contribution is -2.52. The number of aliphatic hydroxyl groups excluding tert-OH is 1. The van der Waals surface area contributed by atoms with E-state index in [2.05, 4.69) is 53.3 Å². The third-order valence-electron chi connectivity index (χ3n) is 11.0. The van der Waals surface area contributed by atoms with Gasteiger partial charge >= 0.3 is 5.97 Å². The SMILES string of the molecule is CC1(C)C(c2ccccc2)=CC=CC1(COc1cc(OCc2cncc(C#N)c2)c(CNC(CO)C(=O)O)cc1Cl)OCCCN1CCC(O)(c2ccccc2)C1. The van der Waals surface area contributed by atoms with Crippen molar-refractivity contribution in [2.45, 2.75) is 57.1 Å². The molecule has 3 unspecified atom stereocenters. The molecule has 4 aromatic rings.